The van der Waals surface area contributed by atoms with Crippen LogP contribution in [0.25, 0.3) is 0 Å². The van der Waals surface area contributed by atoms with E-state index in [0.29, 0.717) is 18.1 Å². The standard InChI is InChI=1S/C21H19ClN4O/c1-14-10-23-21(16-11-24-25-12-16)19-9-17(22)5-8-20(19)26(14)13-15-3-6-18(27-2)7-4-15/h3-9,11-12H,1,10,13H2,2H3,(H,24,25). The summed E-state index contributed by atoms with van der Waals surface area (Å²) in [6.45, 7) is 5.45. The Kier molecular flexibility index (Phi) is 4.69. The van der Waals surface area contributed by atoms with Crippen LogP contribution in [0.3, 0.4) is 0 Å². The molecule has 0 saturated carbocycles. The molecule has 0 radical (unpaired) electrons. The highest BCUT2D eigenvalue weighted by molar-refractivity contribution is 6.31. The van der Waals surface area contributed by atoms with E-state index >= 15 is 0 Å². The van der Waals surface area contributed by atoms with Gasteiger partial charge in [-0.1, -0.05) is 30.3 Å². The van der Waals surface area contributed by atoms with Gasteiger partial charge in [0.15, 0.2) is 0 Å². The summed E-state index contributed by atoms with van der Waals surface area (Å²) in [6.07, 6.45) is 3.61. The zero-order valence-electron chi connectivity index (χ0n) is 14.9. The number of hydrogen-bond donors (Lipinski definition) is 1. The summed E-state index contributed by atoms with van der Waals surface area (Å²) >= 11 is 6.30. The van der Waals surface area contributed by atoms with Crippen molar-refractivity contribution in [2.45, 2.75) is 6.54 Å². The molecule has 1 aliphatic heterocycles. The van der Waals surface area contributed by atoms with Crippen LogP contribution in [0.15, 0.2) is 72.1 Å². The van der Waals surface area contributed by atoms with Gasteiger partial charge in [0.2, 0.25) is 0 Å². The predicted molar refractivity (Wildman–Crippen MR) is 109 cm³/mol. The predicted octanol–water partition coefficient (Wildman–Crippen LogP) is 4.44. The Hall–Kier alpha value is -3.05. The molecule has 0 saturated heterocycles. The smallest absolute Gasteiger partial charge is 0.118 e. The van der Waals surface area contributed by atoms with Gasteiger partial charge < -0.3 is 9.64 Å². The van der Waals surface area contributed by atoms with Crippen molar-refractivity contribution >= 4 is 23.0 Å². The number of aromatic amines is 1. The summed E-state index contributed by atoms with van der Waals surface area (Å²) in [5.74, 6) is 0.839. The van der Waals surface area contributed by atoms with Crippen LogP contribution in [0.1, 0.15) is 16.7 Å². The number of fused-ring (bicyclic) bond motifs is 1. The van der Waals surface area contributed by atoms with E-state index in [2.05, 4.69) is 33.8 Å². The van der Waals surface area contributed by atoms with E-state index in [1.807, 2.05) is 36.5 Å². The first-order chi connectivity index (χ1) is 13.2. The van der Waals surface area contributed by atoms with Crippen molar-refractivity contribution in [2.24, 2.45) is 4.99 Å². The molecule has 3 aromatic rings. The highest BCUT2D eigenvalue weighted by atomic mass is 35.5. The molecular formula is C21H19ClN4O. The SMILES string of the molecule is C=C1CN=C(c2cn[nH]c2)c2cc(Cl)ccc2N1Cc1ccc(OC)cc1. The van der Waals surface area contributed by atoms with Gasteiger partial charge in [0, 0.05) is 34.6 Å². The average molecular weight is 379 g/mol. The lowest BCUT2D eigenvalue weighted by atomic mass is 10.0. The third-order valence-corrected chi connectivity index (χ3v) is 4.81. The van der Waals surface area contributed by atoms with Gasteiger partial charge in [0.05, 0.1) is 31.3 Å². The number of aromatic nitrogens is 2. The molecule has 2 heterocycles. The number of anilines is 1. The number of methoxy groups -OCH3 is 1. The molecule has 2 aromatic carbocycles. The number of halogens is 1. The summed E-state index contributed by atoms with van der Waals surface area (Å²) < 4.78 is 5.25. The van der Waals surface area contributed by atoms with Gasteiger partial charge in [-0.15, -0.1) is 0 Å². The number of ether oxygens (including phenoxy) is 1. The first-order valence-corrected chi connectivity index (χ1v) is 8.95. The molecule has 5 nitrogen and oxygen atoms in total. The van der Waals surface area contributed by atoms with Crippen LogP contribution in [-0.2, 0) is 6.54 Å². The van der Waals surface area contributed by atoms with E-state index < -0.39 is 0 Å². The third-order valence-electron chi connectivity index (χ3n) is 4.58. The number of aliphatic imine (C=N–C) groups is 1. The van der Waals surface area contributed by atoms with Gasteiger partial charge >= 0.3 is 0 Å². The lowest BCUT2D eigenvalue weighted by Gasteiger charge is -2.27. The van der Waals surface area contributed by atoms with Gasteiger partial charge in [-0.05, 0) is 35.9 Å². The van der Waals surface area contributed by atoms with Gasteiger partial charge in [-0.2, -0.15) is 5.10 Å². The summed E-state index contributed by atoms with van der Waals surface area (Å²) in [5, 5.41) is 7.58. The van der Waals surface area contributed by atoms with Crippen molar-refractivity contribution in [3.63, 3.8) is 0 Å². The Morgan fingerprint density at radius 3 is 2.74 bits per heavy atom. The first-order valence-electron chi connectivity index (χ1n) is 8.57. The minimum atomic E-state index is 0.503. The van der Waals surface area contributed by atoms with Crippen molar-refractivity contribution in [1.82, 2.24) is 10.2 Å². The van der Waals surface area contributed by atoms with Gasteiger partial charge in [-0.25, -0.2) is 0 Å². The topological polar surface area (TPSA) is 53.5 Å². The number of benzene rings is 2. The summed E-state index contributed by atoms with van der Waals surface area (Å²) in [4.78, 5) is 6.97. The molecule has 0 spiro atoms. The normalized spacial score (nSPS) is 13.8. The highest BCUT2D eigenvalue weighted by Crippen LogP contribution is 2.33. The molecule has 0 fully saturated rings. The molecule has 1 aliphatic rings. The first kappa shape index (κ1) is 17.4. The fraction of sp³-hybridized carbons (Fsp3) is 0.143. The highest BCUT2D eigenvalue weighted by Gasteiger charge is 2.23. The van der Waals surface area contributed by atoms with Gasteiger partial charge in [-0.3, -0.25) is 10.1 Å². The van der Waals surface area contributed by atoms with E-state index in [4.69, 9.17) is 21.3 Å². The van der Waals surface area contributed by atoms with Crippen LogP contribution in [-0.4, -0.2) is 29.6 Å². The second kappa shape index (κ2) is 7.29. The fourth-order valence-corrected chi connectivity index (χ4v) is 3.35. The summed E-state index contributed by atoms with van der Waals surface area (Å²) in [7, 11) is 1.67. The minimum absolute atomic E-state index is 0.503. The number of hydrogen-bond acceptors (Lipinski definition) is 4. The van der Waals surface area contributed by atoms with E-state index in [-0.39, 0.29) is 0 Å². The molecule has 6 heteroatoms. The number of H-pyrrole nitrogens is 1. The molecule has 4 rings (SSSR count). The molecule has 1 N–H and O–H groups in total. The quantitative estimate of drug-likeness (QED) is 0.730. The van der Waals surface area contributed by atoms with E-state index in [0.717, 1.165) is 39.5 Å². The van der Waals surface area contributed by atoms with Crippen LogP contribution in [0.4, 0.5) is 5.69 Å². The van der Waals surface area contributed by atoms with Gasteiger partial charge in [0.25, 0.3) is 0 Å². The molecular weight excluding hydrogens is 360 g/mol. The zero-order valence-corrected chi connectivity index (χ0v) is 15.7. The van der Waals surface area contributed by atoms with Crippen molar-refractivity contribution in [1.29, 1.82) is 0 Å². The average Bonchev–Trinajstić information content (AvgIpc) is 3.17. The van der Waals surface area contributed by atoms with Crippen molar-refractivity contribution in [3.8, 4) is 5.75 Å². The molecule has 0 bridgehead atoms. The fourth-order valence-electron chi connectivity index (χ4n) is 3.18. The second-order valence-electron chi connectivity index (χ2n) is 6.31. The largest absolute Gasteiger partial charge is 0.497 e. The van der Waals surface area contributed by atoms with Crippen LogP contribution in [0, 0.1) is 0 Å². The van der Waals surface area contributed by atoms with Crippen molar-refractivity contribution in [3.05, 3.63) is 88.8 Å². The Morgan fingerprint density at radius 1 is 1.22 bits per heavy atom. The summed E-state index contributed by atoms with van der Waals surface area (Å²) in [5.41, 5.74) is 5.86. The van der Waals surface area contributed by atoms with E-state index in [1.54, 1.807) is 13.3 Å². The van der Waals surface area contributed by atoms with E-state index in [9.17, 15) is 0 Å². The van der Waals surface area contributed by atoms with Crippen LogP contribution < -0.4 is 9.64 Å². The lowest BCUT2D eigenvalue weighted by Crippen LogP contribution is -2.23. The van der Waals surface area contributed by atoms with Crippen LogP contribution in [0.2, 0.25) is 5.02 Å². The second-order valence-corrected chi connectivity index (χ2v) is 6.75. The van der Waals surface area contributed by atoms with Crippen LogP contribution >= 0.6 is 11.6 Å². The molecule has 136 valence electrons. The monoisotopic (exact) mass is 378 g/mol. The van der Waals surface area contributed by atoms with Crippen LogP contribution in [0.5, 0.6) is 5.75 Å². The molecule has 27 heavy (non-hydrogen) atoms. The van der Waals surface area contributed by atoms with E-state index in [1.165, 1.54) is 0 Å². The number of nitrogens with one attached hydrogen (secondary N) is 1. The molecule has 0 aliphatic carbocycles. The molecule has 1 aromatic heterocycles. The maximum absolute atomic E-state index is 6.30. The van der Waals surface area contributed by atoms with Gasteiger partial charge in [0.1, 0.15) is 5.75 Å². The Bertz CT molecular complexity index is 994. The zero-order chi connectivity index (χ0) is 18.8. The number of benzodiazepines with no additional fused rings is 1. The lowest BCUT2D eigenvalue weighted by molar-refractivity contribution is 0.414. The molecule has 0 amide bonds. The molecule has 0 atom stereocenters. The number of rotatable bonds is 4. The molecule has 0 unspecified atom stereocenters. The Balaban J connectivity index is 1.76. The minimum Gasteiger partial charge on any atom is -0.497 e. The van der Waals surface area contributed by atoms with Crippen molar-refractivity contribution in [2.75, 3.05) is 18.6 Å². The Morgan fingerprint density at radius 2 is 2.04 bits per heavy atom. The summed E-state index contributed by atoms with van der Waals surface area (Å²) in [6, 6.07) is 13.9. The Labute approximate surface area is 163 Å². The third kappa shape index (κ3) is 3.46. The number of nitrogens with zero attached hydrogens (tertiary/aromatic N) is 3. The maximum atomic E-state index is 6.30. The maximum Gasteiger partial charge on any atom is 0.118 e. The van der Waals surface area contributed by atoms with Crippen molar-refractivity contribution < 1.29 is 4.74 Å².